The Morgan fingerprint density at radius 2 is 1.65 bits per heavy atom. The maximum Gasteiger partial charge on any atom is 0.123 e. The van der Waals surface area contributed by atoms with Gasteiger partial charge in [-0.05, 0) is 29.7 Å². The summed E-state index contributed by atoms with van der Waals surface area (Å²) < 4.78 is 12.8. The Balaban J connectivity index is 2.13. The van der Waals surface area contributed by atoms with E-state index in [1.165, 1.54) is 12.1 Å². The molecular weight excluding hydrogens is 215 g/mol. The summed E-state index contributed by atoms with van der Waals surface area (Å²) in [6, 6.07) is 16.5. The van der Waals surface area contributed by atoms with E-state index in [9.17, 15) is 4.39 Å². The van der Waals surface area contributed by atoms with Crippen molar-refractivity contribution in [3.05, 3.63) is 71.5 Å². The molecule has 1 atom stereocenters. The second-order valence-electron chi connectivity index (χ2n) is 3.96. The Labute approximate surface area is 100 Å². The van der Waals surface area contributed by atoms with E-state index in [4.69, 9.17) is 5.84 Å². The van der Waals surface area contributed by atoms with Crippen molar-refractivity contribution in [1.29, 1.82) is 0 Å². The smallest absolute Gasteiger partial charge is 0.123 e. The van der Waals surface area contributed by atoms with Gasteiger partial charge in [0.25, 0.3) is 0 Å². The third kappa shape index (κ3) is 3.12. The van der Waals surface area contributed by atoms with E-state index in [2.05, 4.69) is 5.43 Å². The van der Waals surface area contributed by atoms with Crippen molar-refractivity contribution in [2.24, 2.45) is 5.84 Å². The predicted molar refractivity (Wildman–Crippen MR) is 66.6 cm³/mol. The average Bonchev–Trinajstić information content (AvgIpc) is 2.39. The zero-order valence-corrected chi connectivity index (χ0v) is 9.44. The van der Waals surface area contributed by atoms with Gasteiger partial charge in [-0.1, -0.05) is 42.5 Å². The molecule has 2 rings (SSSR count). The second-order valence-corrected chi connectivity index (χ2v) is 3.96. The van der Waals surface area contributed by atoms with Gasteiger partial charge >= 0.3 is 0 Å². The molecule has 17 heavy (non-hydrogen) atoms. The summed E-state index contributed by atoms with van der Waals surface area (Å²) >= 11 is 0. The van der Waals surface area contributed by atoms with Crippen LogP contribution in [0.25, 0.3) is 0 Å². The number of hydrogen-bond acceptors (Lipinski definition) is 2. The van der Waals surface area contributed by atoms with Gasteiger partial charge in [-0.15, -0.1) is 0 Å². The van der Waals surface area contributed by atoms with E-state index in [0.717, 1.165) is 17.5 Å². The van der Waals surface area contributed by atoms with Gasteiger partial charge in [0.15, 0.2) is 0 Å². The van der Waals surface area contributed by atoms with Gasteiger partial charge in [0.05, 0.1) is 0 Å². The molecule has 0 fully saturated rings. The van der Waals surface area contributed by atoms with E-state index in [-0.39, 0.29) is 11.9 Å². The van der Waals surface area contributed by atoms with Crippen molar-refractivity contribution >= 4 is 0 Å². The fourth-order valence-corrected chi connectivity index (χ4v) is 1.81. The number of benzene rings is 2. The van der Waals surface area contributed by atoms with E-state index in [1.54, 1.807) is 12.1 Å². The van der Waals surface area contributed by atoms with Crippen LogP contribution >= 0.6 is 0 Å². The summed E-state index contributed by atoms with van der Waals surface area (Å²) in [6.45, 7) is 0. The molecule has 0 saturated heterocycles. The zero-order chi connectivity index (χ0) is 12.1. The quantitative estimate of drug-likeness (QED) is 0.626. The topological polar surface area (TPSA) is 38.0 Å². The molecule has 0 aromatic heterocycles. The van der Waals surface area contributed by atoms with E-state index >= 15 is 0 Å². The molecule has 0 spiro atoms. The first kappa shape index (κ1) is 11.8. The minimum atomic E-state index is -0.217. The highest BCUT2D eigenvalue weighted by Crippen LogP contribution is 2.17. The highest BCUT2D eigenvalue weighted by atomic mass is 19.1. The van der Waals surface area contributed by atoms with Crippen molar-refractivity contribution in [2.45, 2.75) is 12.5 Å². The molecule has 0 radical (unpaired) electrons. The van der Waals surface area contributed by atoms with Gasteiger partial charge < -0.3 is 0 Å². The SMILES string of the molecule is NNC(Cc1ccc(F)cc1)c1ccccc1. The van der Waals surface area contributed by atoms with Crippen molar-refractivity contribution in [2.75, 3.05) is 0 Å². The molecule has 0 amide bonds. The molecule has 0 aliphatic rings. The first-order valence-electron chi connectivity index (χ1n) is 5.55. The number of nitrogens with two attached hydrogens (primary N) is 1. The van der Waals surface area contributed by atoms with Crippen LogP contribution in [0.1, 0.15) is 17.2 Å². The maximum absolute atomic E-state index is 12.8. The lowest BCUT2D eigenvalue weighted by Crippen LogP contribution is -2.29. The van der Waals surface area contributed by atoms with Crippen molar-refractivity contribution in [3.63, 3.8) is 0 Å². The van der Waals surface area contributed by atoms with Gasteiger partial charge in [-0.2, -0.15) is 0 Å². The molecule has 1 unspecified atom stereocenters. The highest BCUT2D eigenvalue weighted by Gasteiger charge is 2.09. The third-order valence-electron chi connectivity index (χ3n) is 2.76. The second kappa shape index (κ2) is 5.57. The molecule has 0 saturated carbocycles. The van der Waals surface area contributed by atoms with Gasteiger partial charge in [0.1, 0.15) is 5.82 Å². The fourth-order valence-electron chi connectivity index (χ4n) is 1.81. The predicted octanol–water partition coefficient (Wildman–Crippen LogP) is 2.57. The summed E-state index contributed by atoms with van der Waals surface area (Å²) in [5, 5.41) is 0. The molecule has 2 aromatic rings. The Bertz CT molecular complexity index is 453. The lowest BCUT2D eigenvalue weighted by atomic mass is 9.99. The van der Waals surface area contributed by atoms with Crippen LogP contribution in [0, 0.1) is 5.82 Å². The van der Waals surface area contributed by atoms with Gasteiger partial charge in [-0.3, -0.25) is 11.3 Å². The molecule has 88 valence electrons. The van der Waals surface area contributed by atoms with Crippen molar-refractivity contribution in [1.82, 2.24) is 5.43 Å². The van der Waals surface area contributed by atoms with Gasteiger partial charge in [-0.25, -0.2) is 4.39 Å². The molecule has 2 aromatic carbocycles. The Kier molecular flexibility index (Phi) is 3.85. The van der Waals surface area contributed by atoms with Crippen molar-refractivity contribution in [3.8, 4) is 0 Å². The van der Waals surface area contributed by atoms with E-state index in [0.29, 0.717) is 0 Å². The molecule has 0 aliphatic carbocycles. The van der Waals surface area contributed by atoms with Crippen LogP contribution in [0.5, 0.6) is 0 Å². The van der Waals surface area contributed by atoms with Crippen LogP contribution < -0.4 is 11.3 Å². The lowest BCUT2D eigenvalue weighted by Gasteiger charge is -2.16. The van der Waals surface area contributed by atoms with Crippen LogP contribution in [0.4, 0.5) is 4.39 Å². The number of hydrazine groups is 1. The largest absolute Gasteiger partial charge is 0.271 e. The Morgan fingerprint density at radius 3 is 2.24 bits per heavy atom. The van der Waals surface area contributed by atoms with Crippen molar-refractivity contribution < 1.29 is 4.39 Å². The summed E-state index contributed by atoms with van der Waals surface area (Å²) in [5.41, 5.74) is 4.97. The zero-order valence-electron chi connectivity index (χ0n) is 9.44. The first-order chi connectivity index (χ1) is 8.29. The van der Waals surface area contributed by atoms with Crippen LogP contribution in [-0.4, -0.2) is 0 Å². The summed E-state index contributed by atoms with van der Waals surface area (Å²) in [7, 11) is 0. The standard InChI is InChI=1S/C14H15FN2/c15-13-8-6-11(7-9-13)10-14(17-16)12-4-2-1-3-5-12/h1-9,14,17H,10,16H2. The summed E-state index contributed by atoms with van der Waals surface area (Å²) in [4.78, 5) is 0. The molecular formula is C14H15FN2. The fraction of sp³-hybridized carbons (Fsp3) is 0.143. The van der Waals surface area contributed by atoms with Crippen LogP contribution in [0.2, 0.25) is 0 Å². The molecule has 2 nitrogen and oxygen atoms in total. The van der Waals surface area contributed by atoms with E-state index < -0.39 is 0 Å². The lowest BCUT2D eigenvalue weighted by molar-refractivity contribution is 0.551. The molecule has 3 N–H and O–H groups in total. The minimum absolute atomic E-state index is 0.0432. The molecule has 0 bridgehead atoms. The number of hydrogen-bond donors (Lipinski definition) is 2. The van der Waals surface area contributed by atoms with Crippen LogP contribution in [0.15, 0.2) is 54.6 Å². The minimum Gasteiger partial charge on any atom is -0.271 e. The third-order valence-corrected chi connectivity index (χ3v) is 2.76. The molecule has 3 heteroatoms. The maximum atomic E-state index is 12.8. The number of rotatable bonds is 4. The van der Waals surface area contributed by atoms with E-state index in [1.807, 2.05) is 30.3 Å². The van der Waals surface area contributed by atoms with Crippen LogP contribution in [-0.2, 0) is 6.42 Å². The Morgan fingerprint density at radius 1 is 1.00 bits per heavy atom. The average molecular weight is 230 g/mol. The van der Waals surface area contributed by atoms with Gasteiger partial charge in [0.2, 0.25) is 0 Å². The first-order valence-corrected chi connectivity index (χ1v) is 5.55. The number of nitrogens with one attached hydrogen (secondary N) is 1. The number of halogens is 1. The van der Waals surface area contributed by atoms with Gasteiger partial charge in [0, 0.05) is 6.04 Å². The molecule has 0 heterocycles. The highest BCUT2D eigenvalue weighted by molar-refractivity contribution is 5.23. The monoisotopic (exact) mass is 230 g/mol. The Hall–Kier alpha value is -1.71. The summed E-state index contributed by atoms with van der Waals surface area (Å²) in [6.07, 6.45) is 0.737. The normalized spacial score (nSPS) is 12.4. The van der Waals surface area contributed by atoms with Crippen LogP contribution in [0.3, 0.4) is 0 Å². The summed E-state index contributed by atoms with van der Waals surface area (Å²) in [5.74, 6) is 5.34. The molecule has 0 aliphatic heterocycles.